The van der Waals surface area contributed by atoms with E-state index in [4.69, 9.17) is 5.11 Å². The lowest BCUT2D eigenvalue weighted by atomic mass is 9.83. The van der Waals surface area contributed by atoms with Crippen LogP contribution in [0.1, 0.15) is 44.9 Å². The number of amides is 1. The van der Waals surface area contributed by atoms with E-state index in [1.165, 1.54) is 19.3 Å². The highest BCUT2D eigenvalue weighted by atomic mass is 16.4. The molecule has 17 heavy (non-hydrogen) atoms. The number of nitrogens with one attached hydrogen (secondary N) is 1. The van der Waals surface area contributed by atoms with Crippen LogP contribution in [0.15, 0.2) is 0 Å². The van der Waals surface area contributed by atoms with Crippen molar-refractivity contribution >= 4 is 11.9 Å². The Labute approximate surface area is 102 Å². The van der Waals surface area contributed by atoms with Gasteiger partial charge in [-0.2, -0.15) is 0 Å². The first-order valence-corrected chi connectivity index (χ1v) is 6.69. The van der Waals surface area contributed by atoms with Gasteiger partial charge in [0, 0.05) is 6.54 Å². The van der Waals surface area contributed by atoms with Gasteiger partial charge in [-0.3, -0.25) is 9.59 Å². The number of carboxylic acids is 1. The Kier molecular flexibility index (Phi) is 4.02. The molecule has 2 aliphatic carbocycles. The second-order valence-electron chi connectivity index (χ2n) is 5.36. The summed E-state index contributed by atoms with van der Waals surface area (Å²) in [4.78, 5) is 22.8. The third-order valence-corrected chi connectivity index (χ3v) is 4.25. The van der Waals surface area contributed by atoms with E-state index < -0.39 is 11.9 Å². The van der Waals surface area contributed by atoms with Crippen molar-refractivity contribution in [3.63, 3.8) is 0 Å². The number of hydrogen-bond acceptors (Lipinski definition) is 2. The van der Waals surface area contributed by atoms with Crippen LogP contribution >= 0.6 is 0 Å². The standard InChI is InChI=1S/C13H21NO3/c15-12(14-8-7-9-3-1-4-9)10-5-2-6-11(10)13(16)17/h9-11H,1-8H2,(H,14,15)(H,16,17)/t10-,11+/m1/s1. The minimum Gasteiger partial charge on any atom is -0.481 e. The van der Waals surface area contributed by atoms with E-state index >= 15 is 0 Å². The maximum Gasteiger partial charge on any atom is 0.307 e. The van der Waals surface area contributed by atoms with Gasteiger partial charge in [-0.05, 0) is 25.2 Å². The van der Waals surface area contributed by atoms with Crippen LogP contribution in [0.25, 0.3) is 0 Å². The molecule has 2 aliphatic rings. The summed E-state index contributed by atoms with van der Waals surface area (Å²) in [5.74, 6) is -0.836. The molecule has 0 radical (unpaired) electrons. The lowest BCUT2D eigenvalue weighted by Crippen LogP contribution is -2.36. The second kappa shape index (κ2) is 5.52. The molecule has 2 atom stereocenters. The van der Waals surface area contributed by atoms with Gasteiger partial charge < -0.3 is 10.4 Å². The minimum absolute atomic E-state index is 0.0470. The fraction of sp³-hybridized carbons (Fsp3) is 0.846. The summed E-state index contributed by atoms with van der Waals surface area (Å²) in [5, 5.41) is 11.9. The molecule has 1 amide bonds. The molecule has 0 spiro atoms. The lowest BCUT2D eigenvalue weighted by Gasteiger charge is -2.25. The van der Waals surface area contributed by atoms with Crippen molar-refractivity contribution in [2.75, 3.05) is 6.54 Å². The molecule has 0 aromatic carbocycles. The van der Waals surface area contributed by atoms with Crippen LogP contribution in [0.4, 0.5) is 0 Å². The van der Waals surface area contributed by atoms with Crippen molar-refractivity contribution in [1.82, 2.24) is 5.32 Å². The first-order valence-electron chi connectivity index (χ1n) is 6.69. The third kappa shape index (κ3) is 2.99. The predicted octanol–water partition coefficient (Wildman–Crippen LogP) is 1.79. The molecule has 0 aromatic heterocycles. The quantitative estimate of drug-likeness (QED) is 0.768. The minimum atomic E-state index is -0.818. The van der Waals surface area contributed by atoms with Gasteiger partial charge >= 0.3 is 5.97 Å². The molecule has 96 valence electrons. The summed E-state index contributed by atoms with van der Waals surface area (Å²) in [7, 11) is 0. The van der Waals surface area contributed by atoms with Crippen LogP contribution in [0.2, 0.25) is 0 Å². The van der Waals surface area contributed by atoms with Crippen LogP contribution in [-0.4, -0.2) is 23.5 Å². The highest BCUT2D eigenvalue weighted by Gasteiger charge is 2.37. The summed E-state index contributed by atoms with van der Waals surface area (Å²) in [6, 6.07) is 0. The Morgan fingerprint density at radius 1 is 1.06 bits per heavy atom. The molecular weight excluding hydrogens is 218 g/mol. The van der Waals surface area contributed by atoms with Gasteiger partial charge in [0.1, 0.15) is 0 Å². The van der Waals surface area contributed by atoms with E-state index in [1.54, 1.807) is 0 Å². The fourth-order valence-corrected chi connectivity index (χ4v) is 2.88. The van der Waals surface area contributed by atoms with Gasteiger partial charge in [0.2, 0.25) is 5.91 Å². The van der Waals surface area contributed by atoms with E-state index in [2.05, 4.69) is 5.32 Å². The molecule has 0 saturated heterocycles. The van der Waals surface area contributed by atoms with Crippen molar-refractivity contribution < 1.29 is 14.7 Å². The van der Waals surface area contributed by atoms with E-state index in [9.17, 15) is 9.59 Å². The van der Waals surface area contributed by atoms with Gasteiger partial charge in [-0.1, -0.05) is 25.7 Å². The molecule has 4 heteroatoms. The molecule has 4 nitrogen and oxygen atoms in total. The Balaban J connectivity index is 1.72. The SMILES string of the molecule is O=C(O)[C@H]1CCC[C@H]1C(=O)NCCC1CCC1. The maximum atomic E-state index is 11.9. The largest absolute Gasteiger partial charge is 0.481 e. The zero-order valence-corrected chi connectivity index (χ0v) is 10.2. The zero-order valence-electron chi connectivity index (χ0n) is 10.2. The average molecular weight is 239 g/mol. The van der Waals surface area contributed by atoms with Crippen LogP contribution in [0, 0.1) is 17.8 Å². The van der Waals surface area contributed by atoms with Crippen molar-refractivity contribution in [3.8, 4) is 0 Å². The Morgan fingerprint density at radius 3 is 2.29 bits per heavy atom. The molecule has 0 bridgehead atoms. The highest BCUT2D eigenvalue weighted by Crippen LogP contribution is 2.32. The molecule has 0 aliphatic heterocycles. The molecule has 2 N–H and O–H groups in total. The van der Waals surface area contributed by atoms with Gasteiger partial charge in [-0.25, -0.2) is 0 Å². The van der Waals surface area contributed by atoms with Crippen molar-refractivity contribution in [2.24, 2.45) is 17.8 Å². The van der Waals surface area contributed by atoms with E-state index in [0.717, 1.165) is 25.2 Å². The van der Waals surface area contributed by atoms with E-state index in [1.807, 2.05) is 0 Å². The summed E-state index contributed by atoms with van der Waals surface area (Å²) in [6.45, 7) is 0.715. The number of carbonyl (C=O) groups excluding carboxylic acids is 1. The van der Waals surface area contributed by atoms with Crippen molar-refractivity contribution in [1.29, 1.82) is 0 Å². The van der Waals surface area contributed by atoms with Gasteiger partial charge in [0.25, 0.3) is 0 Å². The fourth-order valence-electron chi connectivity index (χ4n) is 2.88. The third-order valence-electron chi connectivity index (χ3n) is 4.25. The summed E-state index contributed by atoms with van der Waals surface area (Å²) < 4.78 is 0. The molecule has 0 aromatic rings. The van der Waals surface area contributed by atoms with E-state index in [-0.39, 0.29) is 11.8 Å². The molecule has 2 rings (SSSR count). The van der Waals surface area contributed by atoms with Crippen LogP contribution in [0.5, 0.6) is 0 Å². The van der Waals surface area contributed by atoms with Crippen LogP contribution in [0.3, 0.4) is 0 Å². The number of carbonyl (C=O) groups is 2. The number of aliphatic carboxylic acids is 1. The molecule has 0 heterocycles. The van der Waals surface area contributed by atoms with Gasteiger partial charge in [0.15, 0.2) is 0 Å². The van der Waals surface area contributed by atoms with Crippen molar-refractivity contribution in [3.05, 3.63) is 0 Å². The smallest absolute Gasteiger partial charge is 0.307 e. The normalized spacial score (nSPS) is 28.7. The molecule has 2 saturated carbocycles. The van der Waals surface area contributed by atoms with E-state index in [0.29, 0.717) is 13.0 Å². The maximum absolute atomic E-state index is 11.9. The lowest BCUT2D eigenvalue weighted by molar-refractivity contribution is -0.146. The van der Waals surface area contributed by atoms with Gasteiger partial charge in [-0.15, -0.1) is 0 Å². The molecule has 2 fully saturated rings. The summed E-state index contributed by atoms with van der Waals surface area (Å²) >= 11 is 0. The summed E-state index contributed by atoms with van der Waals surface area (Å²) in [6.07, 6.45) is 7.19. The highest BCUT2D eigenvalue weighted by molar-refractivity contribution is 5.85. The second-order valence-corrected chi connectivity index (χ2v) is 5.36. The number of hydrogen-bond donors (Lipinski definition) is 2. The molecular formula is C13H21NO3. The van der Waals surface area contributed by atoms with Crippen LogP contribution in [-0.2, 0) is 9.59 Å². The predicted molar refractivity (Wildman–Crippen MR) is 63.4 cm³/mol. The molecule has 0 unspecified atom stereocenters. The summed E-state index contributed by atoms with van der Waals surface area (Å²) in [5.41, 5.74) is 0. The Bertz CT molecular complexity index is 299. The van der Waals surface area contributed by atoms with Crippen LogP contribution < -0.4 is 5.32 Å². The van der Waals surface area contributed by atoms with Gasteiger partial charge in [0.05, 0.1) is 11.8 Å². The monoisotopic (exact) mass is 239 g/mol. The Morgan fingerprint density at radius 2 is 1.71 bits per heavy atom. The Hall–Kier alpha value is -1.06. The first kappa shape index (κ1) is 12.4. The average Bonchev–Trinajstić information content (AvgIpc) is 2.70. The zero-order chi connectivity index (χ0) is 12.3. The first-order chi connectivity index (χ1) is 8.18. The van der Waals surface area contributed by atoms with Crippen molar-refractivity contribution in [2.45, 2.75) is 44.9 Å². The number of carboxylic acid groups (broad SMARTS) is 1. The number of rotatable bonds is 5. The topological polar surface area (TPSA) is 66.4 Å².